The molecule has 32 heavy (non-hydrogen) atoms. The minimum absolute atomic E-state index is 0.0385. The maximum Gasteiger partial charge on any atom is 0.326 e. The van der Waals surface area contributed by atoms with Crippen molar-refractivity contribution in [1.29, 1.82) is 0 Å². The molecule has 3 amide bonds. The quantitative estimate of drug-likeness (QED) is 0.0937. The molecule has 8 N–H and O–H groups in total. The molecule has 0 saturated carbocycles. The average Bonchev–Trinajstić information content (AvgIpc) is 2.77. The van der Waals surface area contributed by atoms with Crippen molar-refractivity contribution >= 4 is 59.8 Å². The fraction of sp³-hybridized carbons (Fsp3) is 0.789. The lowest BCUT2D eigenvalue weighted by Crippen LogP contribution is -2.57. The molecule has 4 unspecified atom stereocenters. The van der Waals surface area contributed by atoms with Crippen molar-refractivity contribution in [3.8, 4) is 0 Å². The van der Waals surface area contributed by atoms with Crippen LogP contribution >= 0.6 is 36.2 Å². The number of aliphatic carboxylic acids is 1. The summed E-state index contributed by atoms with van der Waals surface area (Å²) in [6, 6.07) is -3.76. The third-order valence-corrected chi connectivity index (χ3v) is 6.24. The molecule has 186 valence electrons. The highest BCUT2D eigenvalue weighted by atomic mass is 32.2. The molecule has 0 bridgehead atoms. The van der Waals surface area contributed by atoms with Gasteiger partial charge in [-0.3, -0.25) is 14.4 Å². The summed E-state index contributed by atoms with van der Waals surface area (Å²) in [6.07, 6.45) is 6.07. The van der Waals surface area contributed by atoms with E-state index in [1.54, 1.807) is 11.8 Å². The lowest BCUT2D eigenvalue weighted by Gasteiger charge is -2.24. The molecule has 10 nitrogen and oxygen atoms in total. The SMILES string of the molecule is CSCCC(N)C(=O)NC(CCCCN)C(=O)NC(CS)C(=O)NC(CCSC)C(=O)O. The van der Waals surface area contributed by atoms with Crippen LogP contribution in [0, 0.1) is 0 Å². The Bertz CT molecular complexity index is 600. The fourth-order valence-electron chi connectivity index (χ4n) is 2.65. The number of carboxylic acid groups (broad SMARTS) is 1. The van der Waals surface area contributed by atoms with Crippen LogP contribution < -0.4 is 27.4 Å². The van der Waals surface area contributed by atoms with Crippen molar-refractivity contribution in [1.82, 2.24) is 16.0 Å². The van der Waals surface area contributed by atoms with Crippen LogP contribution in [0.2, 0.25) is 0 Å². The molecule has 0 radical (unpaired) electrons. The van der Waals surface area contributed by atoms with E-state index >= 15 is 0 Å². The summed E-state index contributed by atoms with van der Waals surface area (Å²) in [5, 5.41) is 17.0. The van der Waals surface area contributed by atoms with Crippen molar-refractivity contribution in [2.24, 2.45) is 11.5 Å². The number of carbonyl (C=O) groups excluding carboxylic acids is 3. The summed E-state index contributed by atoms with van der Waals surface area (Å²) in [6.45, 7) is 0.448. The predicted molar refractivity (Wildman–Crippen MR) is 134 cm³/mol. The lowest BCUT2D eigenvalue weighted by atomic mass is 10.1. The Labute approximate surface area is 203 Å². The Morgan fingerprint density at radius 2 is 1.38 bits per heavy atom. The maximum atomic E-state index is 12.8. The second-order valence-electron chi connectivity index (χ2n) is 7.16. The van der Waals surface area contributed by atoms with Crippen molar-refractivity contribution in [2.75, 3.05) is 36.3 Å². The molecule has 0 aromatic carbocycles. The Morgan fingerprint density at radius 3 is 1.91 bits per heavy atom. The predicted octanol–water partition coefficient (Wildman–Crippen LogP) is -0.582. The van der Waals surface area contributed by atoms with Gasteiger partial charge in [0, 0.05) is 5.75 Å². The third-order valence-electron chi connectivity index (χ3n) is 4.59. The molecular weight excluding hydrogens is 474 g/mol. The van der Waals surface area contributed by atoms with Gasteiger partial charge in [-0.05, 0) is 62.7 Å². The molecule has 13 heteroatoms. The van der Waals surface area contributed by atoms with Crippen LogP contribution in [0.25, 0.3) is 0 Å². The van der Waals surface area contributed by atoms with E-state index in [0.29, 0.717) is 43.7 Å². The number of rotatable bonds is 18. The molecule has 0 saturated heterocycles. The molecule has 0 spiro atoms. The lowest BCUT2D eigenvalue weighted by molar-refractivity contribution is -0.142. The number of nitrogens with one attached hydrogen (secondary N) is 3. The van der Waals surface area contributed by atoms with E-state index in [4.69, 9.17) is 11.5 Å². The number of unbranched alkanes of at least 4 members (excludes halogenated alkanes) is 1. The van der Waals surface area contributed by atoms with Crippen molar-refractivity contribution in [3.63, 3.8) is 0 Å². The molecular formula is C19H37N5O5S3. The zero-order valence-electron chi connectivity index (χ0n) is 18.7. The molecule has 0 aromatic heterocycles. The summed E-state index contributed by atoms with van der Waals surface area (Å²) in [5.41, 5.74) is 11.4. The number of amides is 3. The minimum atomic E-state index is -1.15. The first-order valence-electron chi connectivity index (χ1n) is 10.4. The van der Waals surface area contributed by atoms with Gasteiger partial charge in [0.05, 0.1) is 6.04 Å². The normalized spacial score (nSPS) is 14.7. The largest absolute Gasteiger partial charge is 0.480 e. The Hall–Kier alpha value is -1.15. The van der Waals surface area contributed by atoms with Crippen LogP contribution in [0.5, 0.6) is 0 Å². The highest BCUT2D eigenvalue weighted by molar-refractivity contribution is 7.98. The minimum Gasteiger partial charge on any atom is -0.480 e. The first-order valence-corrected chi connectivity index (χ1v) is 13.8. The van der Waals surface area contributed by atoms with Crippen molar-refractivity contribution < 1.29 is 24.3 Å². The molecule has 0 fully saturated rings. The molecule has 0 heterocycles. The van der Waals surface area contributed by atoms with E-state index < -0.39 is 47.9 Å². The van der Waals surface area contributed by atoms with Gasteiger partial charge in [-0.25, -0.2) is 4.79 Å². The van der Waals surface area contributed by atoms with Gasteiger partial charge in [-0.2, -0.15) is 36.2 Å². The molecule has 0 aromatic rings. The highest BCUT2D eigenvalue weighted by Gasteiger charge is 2.29. The summed E-state index contributed by atoms with van der Waals surface area (Å²) < 4.78 is 0. The molecule has 0 aliphatic heterocycles. The highest BCUT2D eigenvalue weighted by Crippen LogP contribution is 2.06. The summed E-state index contributed by atoms with van der Waals surface area (Å²) in [5.74, 6) is -1.57. The van der Waals surface area contributed by atoms with E-state index in [-0.39, 0.29) is 12.2 Å². The number of carboxylic acids is 1. The number of carbonyl (C=O) groups is 4. The van der Waals surface area contributed by atoms with E-state index in [1.165, 1.54) is 11.8 Å². The maximum absolute atomic E-state index is 12.8. The number of thioether (sulfide) groups is 2. The summed E-state index contributed by atoms with van der Waals surface area (Å²) in [7, 11) is 0. The van der Waals surface area contributed by atoms with Gasteiger partial charge in [0.15, 0.2) is 0 Å². The Kier molecular flexibility index (Phi) is 17.6. The van der Waals surface area contributed by atoms with Gasteiger partial charge in [0.2, 0.25) is 17.7 Å². The zero-order valence-corrected chi connectivity index (χ0v) is 21.2. The Balaban J connectivity index is 5.15. The van der Waals surface area contributed by atoms with Gasteiger partial charge in [-0.15, -0.1) is 0 Å². The first-order chi connectivity index (χ1) is 15.2. The van der Waals surface area contributed by atoms with Crippen LogP contribution in [-0.2, 0) is 19.2 Å². The van der Waals surface area contributed by atoms with Crippen molar-refractivity contribution in [2.45, 2.75) is 56.3 Å². The molecule has 0 aliphatic rings. The Morgan fingerprint density at radius 1 is 0.844 bits per heavy atom. The van der Waals surface area contributed by atoms with Crippen LogP contribution in [0.3, 0.4) is 0 Å². The standard InChI is InChI=1S/C19H37N5O5S3/c1-31-9-6-12(21)16(25)22-13(5-3-4-8-20)17(26)24-15(11-30)18(27)23-14(19(28)29)7-10-32-2/h12-15,30H,3-11,20-21H2,1-2H3,(H,22,25)(H,23,27)(H,24,26)(H,28,29). The summed E-state index contributed by atoms with van der Waals surface area (Å²) in [4.78, 5) is 49.2. The van der Waals surface area contributed by atoms with Crippen LogP contribution in [-0.4, -0.2) is 89.3 Å². The van der Waals surface area contributed by atoms with Crippen LogP contribution in [0.4, 0.5) is 0 Å². The topological polar surface area (TPSA) is 177 Å². The average molecular weight is 512 g/mol. The monoisotopic (exact) mass is 511 g/mol. The first kappa shape index (κ1) is 30.9. The summed E-state index contributed by atoms with van der Waals surface area (Å²) >= 11 is 7.15. The smallest absolute Gasteiger partial charge is 0.326 e. The van der Waals surface area contributed by atoms with Gasteiger partial charge in [0.25, 0.3) is 0 Å². The fourth-order valence-corrected chi connectivity index (χ4v) is 3.87. The second kappa shape index (κ2) is 18.3. The van der Waals surface area contributed by atoms with Gasteiger partial charge in [-0.1, -0.05) is 0 Å². The van der Waals surface area contributed by atoms with Gasteiger partial charge < -0.3 is 32.5 Å². The molecule has 0 aliphatic carbocycles. The van der Waals surface area contributed by atoms with Crippen molar-refractivity contribution in [3.05, 3.63) is 0 Å². The van der Waals surface area contributed by atoms with E-state index in [9.17, 15) is 24.3 Å². The third kappa shape index (κ3) is 12.8. The number of nitrogens with two attached hydrogens (primary N) is 2. The van der Waals surface area contributed by atoms with E-state index in [2.05, 4.69) is 28.6 Å². The molecule has 4 atom stereocenters. The van der Waals surface area contributed by atoms with Crippen LogP contribution in [0.1, 0.15) is 32.1 Å². The van der Waals surface area contributed by atoms with Gasteiger partial charge in [0.1, 0.15) is 18.1 Å². The van der Waals surface area contributed by atoms with Crippen LogP contribution in [0.15, 0.2) is 0 Å². The number of hydrogen-bond donors (Lipinski definition) is 7. The molecule has 0 rings (SSSR count). The van der Waals surface area contributed by atoms with E-state index in [1.807, 2.05) is 12.5 Å². The van der Waals surface area contributed by atoms with Gasteiger partial charge >= 0.3 is 5.97 Å². The number of thiol groups is 1. The zero-order chi connectivity index (χ0) is 24.5. The second-order valence-corrected chi connectivity index (χ2v) is 9.49. The van der Waals surface area contributed by atoms with E-state index in [0.717, 1.165) is 0 Å². The number of hydrogen-bond acceptors (Lipinski definition) is 9.